The van der Waals surface area contributed by atoms with E-state index in [4.69, 9.17) is 23.2 Å². The zero-order chi connectivity index (χ0) is 15.9. The minimum Gasteiger partial charge on any atom is -0.872 e. The van der Waals surface area contributed by atoms with Crippen molar-refractivity contribution in [2.45, 2.75) is 0 Å². The second kappa shape index (κ2) is 9.58. The van der Waals surface area contributed by atoms with Gasteiger partial charge in [-0.05, 0) is 35.4 Å². The molecular formula is C16H12Cl2MnN2O2+. The van der Waals surface area contributed by atoms with Crippen molar-refractivity contribution < 1.29 is 27.3 Å². The third-order valence-electron chi connectivity index (χ3n) is 2.76. The number of hydrogen-bond donors (Lipinski definition) is 0. The molecule has 4 nitrogen and oxygen atoms in total. The fourth-order valence-electron chi connectivity index (χ4n) is 1.68. The van der Waals surface area contributed by atoms with E-state index < -0.39 is 0 Å². The van der Waals surface area contributed by atoms with Gasteiger partial charge in [-0.3, -0.25) is 9.98 Å². The van der Waals surface area contributed by atoms with Crippen LogP contribution >= 0.6 is 23.2 Å². The second-order valence-electron chi connectivity index (χ2n) is 4.43. The fourth-order valence-corrected chi connectivity index (χ4v) is 2.04. The minimum absolute atomic E-state index is 0. The van der Waals surface area contributed by atoms with Crippen molar-refractivity contribution in [2.75, 3.05) is 13.1 Å². The zero-order valence-corrected chi connectivity index (χ0v) is 14.6. The molecule has 0 atom stereocenters. The molecule has 0 fully saturated rings. The van der Waals surface area contributed by atoms with Crippen molar-refractivity contribution in [1.29, 1.82) is 0 Å². The molecule has 0 aromatic heterocycles. The fraction of sp³-hybridized carbons (Fsp3) is 0.125. The molecule has 0 aliphatic heterocycles. The van der Waals surface area contributed by atoms with Gasteiger partial charge in [0.2, 0.25) is 0 Å². The molecule has 0 radical (unpaired) electrons. The maximum absolute atomic E-state index is 11.5. The Hall–Kier alpha value is -1.52. The molecule has 23 heavy (non-hydrogen) atoms. The molecule has 118 valence electrons. The van der Waals surface area contributed by atoms with Crippen molar-refractivity contribution in [3.05, 3.63) is 57.6 Å². The number of rotatable bonds is 5. The molecule has 2 aromatic carbocycles. The summed E-state index contributed by atoms with van der Waals surface area (Å²) in [7, 11) is 0. The van der Waals surface area contributed by atoms with Gasteiger partial charge in [-0.1, -0.05) is 46.8 Å². The Morgan fingerprint density at radius 1 is 0.783 bits per heavy atom. The summed E-state index contributed by atoms with van der Waals surface area (Å²) in [6, 6.07) is 9.00. The molecule has 2 aromatic rings. The summed E-state index contributed by atoms with van der Waals surface area (Å²) in [6.07, 6.45) is 2.95. The van der Waals surface area contributed by atoms with E-state index in [2.05, 4.69) is 9.98 Å². The van der Waals surface area contributed by atoms with Crippen LogP contribution in [0.15, 0.2) is 46.4 Å². The molecule has 0 aliphatic carbocycles. The molecule has 0 unspecified atom stereocenters. The van der Waals surface area contributed by atoms with E-state index in [1.807, 2.05) is 0 Å². The predicted molar refractivity (Wildman–Crippen MR) is 86.7 cm³/mol. The summed E-state index contributed by atoms with van der Waals surface area (Å²) in [5, 5.41) is 24.0. The van der Waals surface area contributed by atoms with Gasteiger partial charge in [0.1, 0.15) is 0 Å². The van der Waals surface area contributed by atoms with Gasteiger partial charge >= 0.3 is 17.1 Å². The van der Waals surface area contributed by atoms with Gasteiger partial charge in [0, 0.05) is 22.5 Å². The van der Waals surface area contributed by atoms with E-state index in [9.17, 15) is 10.2 Å². The van der Waals surface area contributed by atoms with E-state index in [1.54, 1.807) is 12.1 Å². The van der Waals surface area contributed by atoms with Gasteiger partial charge in [-0.25, -0.2) is 0 Å². The second-order valence-corrected chi connectivity index (χ2v) is 5.31. The van der Waals surface area contributed by atoms with Crippen molar-refractivity contribution in [2.24, 2.45) is 9.98 Å². The summed E-state index contributed by atoms with van der Waals surface area (Å²) in [4.78, 5) is 8.23. The molecule has 0 bridgehead atoms. The Morgan fingerprint density at radius 3 is 1.57 bits per heavy atom. The molecule has 7 heteroatoms. The van der Waals surface area contributed by atoms with Crippen LogP contribution in [0.3, 0.4) is 0 Å². The molecule has 0 amide bonds. The first-order valence-electron chi connectivity index (χ1n) is 6.49. The maximum Gasteiger partial charge on any atom is 3.00 e. The number of halogens is 2. The van der Waals surface area contributed by atoms with Gasteiger partial charge < -0.3 is 10.2 Å². The number of hydrogen-bond acceptors (Lipinski definition) is 4. The van der Waals surface area contributed by atoms with Crippen LogP contribution in [0.1, 0.15) is 11.1 Å². The predicted octanol–water partition coefficient (Wildman–Crippen LogP) is 2.68. The van der Waals surface area contributed by atoms with Crippen molar-refractivity contribution >= 4 is 35.6 Å². The van der Waals surface area contributed by atoms with Gasteiger partial charge in [0.15, 0.2) is 0 Å². The van der Waals surface area contributed by atoms with Crippen LogP contribution < -0.4 is 10.2 Å². The molecule has 0 N–H and O–H groups in total. The van der Waals surface area contributed by atoms with Crippen LogP contribution in [-0.4, -0.2) is 25.5 Å². The SMILES string of the molecule is [Mn+3].[O-]c1ccc(Cl)cc1C=NCCN=Cc1cc(Cl)ccc1[O-]. The Bertz CT molecular complexity index is 660. The van der Waals surface area contributed by atoms with E-state index in [1.165, 1.54) is 36.7 Å². The summed E-state index contributed by atoms with van der Waals surface area (Å²) >= 11 is 11.6. The first-order chi connectivity index (χ1) is 10.6. The van der Waals surface area contributed by atoms with E-state index in [0.29, 0.717) is 34.3 Å². The molecule has 2 rings (SSSR count). The summed E-state index contributed by atoms with van der Waals surface area (Å²) in [5.41, 5.74) is 0.876. The van der Waals surface area contributed by atoms with Crippen LogP contribution in [0.25, 0.3) is 0 Å². The number of aliphatic imine (C=N–C) groups is 2. The van der Waals surface area contributed by atoms with Crippen LogP contribution in [0, 0.1) is 0 Å². The average molecular weight is 390 g/mol. The van der Waals surface area contributed by atoms with Crippen LogP contribution in [-0.2, 0) is 17.1 Å². The smallest absolute Gasteiger partial charge is 0.872 e. The molecule has 0 saturated heterocycles. The Labute approximate surface area is 155 Å². The van der Waals surface area contributed by atoms with Gasteiger partial charge in [0.05, 0.1) is 13.1 Å². The first-order valence-corrected chi connectivity index (χ1v) is 7.24. The first kappa shape index (κ1) is 19.5. The largest absolute Gasteiger partial charge is 3.00 e. The van der Waals surface area contributed by atoms with E-state index >= 15 is 0 Å². The molecular weight excluding hydrogens is 378 g/mol. The summed E-state index contributed by atoms with van der Waals surface area (Å²) < 4.78 is 0. The normalized spacial score (nSPS) is 11.0. The summed E-state index contributed by atoms with van der Waals surface area (Å²) in [6.45, 7) is 0.800. The van der Waals surface area contributed by atoms with Crippen LogP contribution in [0.2, 0.25) is 10.0 Å². The Morgan fingerprint density at radius 2 is 1.17 bits per heavy atom. The molecule has 0 spiro atoms. The van der Waals surface area contributed by atoms with Gasteiger partial charge in [-0.2, -0.15) is 0 Å². The van der Waals surface area contributed by atoms with Crippen LogP contribution in [0.4, 0.5) is 0 Å². The van der Waals surface area contributed by atoms with Crippen molar-refractivity contribution in [1.82, 2.24) is 0 Å². The summed E-state index contributed by atoms with van der Waals surface area (Å²) in [5.74, 6) is -0.266. The molecule has 0 aliphatic rings. The average Bonchev–Trinajstić information content (AvgIpc) is 2.49. The number of nitrogens with zero attached hydrogens (tertiary/aromatic N) is 2. The van der Waals surface area contributed by atoms with E-state index in [-0.39, 0.29) is 28.6 Å². The van der Waals surface area contributed by atoms with Crippen molar-refractivity contribution in [3.8, 4) is 11.5 Å². The monoisotopic (exact) mass is 389 g/mol. The van der Waals surface area contributed by atoms with Gasteiger partial charge in [0.25, 0.3) is 0 Å². The van der Waals surface area contributed by atoms with Crippen LogP contribution in [0.5, 0.6) is 11.5 Å². The molecule has 0 saturated carbocycles. The Kier molecular flexibility index (Phi) is 8.13. The quantitative estimate of drug-likeness (QED) is 0.448. The number of benzene rings is 2. The van der Waals surface area contributed by atoms with E-state index in [0.717, 1.165) is 0 Å². The maximum atomic E-state index is 11.5. The standard InChI is InChI=1S/C16H14Cl2N2O2.Mn/c17-13-1-3-15(21)11(7-13)9-19-5-6-20-10-12-8-14(18)2-4-16(12)22;/h1-4,7-10,21-22H,5-6H2;/q;+3/p-2. The third-order valence-corrected chi connectivity index (χ3v) is 3.23. The third kappa shape index (κ3) is 6.24. The van der Waals surface area contributed by atoms with Crippen molar-refractivity contribution in [3.63, 3.8) is 0 Å². The van der Waals surface area contributed by atoms with Gasteiger partial charge in [-0.15, -0.1) is 0 Å². The minimum atomic E-state index is -0.133. The zero-order valence-electron chi connectivity index (χ0n) is 11.9. The Balaban J connectivity index is 0.00000264. The molecule has 0 heterocycles. The topological polar surface area (TPSA) is 70.8 Å².